The van der Waals surface area contributed by atoms with Gasteiger partial charge in [-0.25, -0.2) is 0 Å². The largest absolute Gasteiger partial charge is 0.506 e. The second-order valence-corrected chi connectivity index (χ2v) is 2.89. The fraction of sp³-hybridized carbons (Fsp3) is 0. The highest BCUT2D eigenvalue weighted by atomic mass is 32.1. The van der Waals surface area contributed by atoms with E-state index in [2.05, 4.69) is 17.5 Å². The smallest absolute Gasteiger partial charge is 0.271 e. The van der Waals surface area contributed by atoms with Crippen LogP contribution in [0.5, 0.6) is 5.75 Å². The van der Waals surface area contributed by atoms with E-state index < -0.39 is 4.92 Å². The first kappa shape index (κ1) is 10.2. The van der Waals surface area contributed by atoms with E-state index >= 15 is 0 Å². The van der Waals surface area contributed by atoms with Crippen LogP contribution in [-0.4, -0.2) is 15.1 Å². The third-order valence-corrected chi connectivity index (χ3v) is 1.55. The number of nitrogens with zero attached hydrogens (tertiary/aromatic N) is 1. The highest BCUT2D eigenvalue weighted by Gasteiger charge is 2.09. The minimum Gasteiger partial charge on any atom is -0.506 e. The van der Waals surface area contributed by atoms with E-state index in [0.29, 0.717) is 0 Å². The van der Waals surface area contributed by atoms with E-state index in [1.165, 1.54) is 12.1 Å². The summed E-state index contributed by atoms with van der Waals surface area (Å²) in [5.74, 6) is -0.150. The van der Waals surface area contributed by atoms with Gasteiger partial charge < -0.3 is 16.2 Å². The Labute approximate surface area is 84.5 Å². The molecule has 0 unspecified atom stereocenters. The van der Waals surface area contributed by atoms with Gasteiger partial charge in [-0.3, -0.25) is 10.1 Å². The van der Waals surface area contributed by atoms with Crippen molar-refractivity contribution in [1.29, 1.82) is 0 Å². The van der Waals surface area contributed by atoms with Crippen molar-refractivity contribution in [3.8, 4) is 5.75 Å². The number of nitro groups is 1. The number of nitro benzene ring substituents is 1. The second kappa shape index (κ2) is 3.88. The Morgan fingerprint density at radius 3 is 2.79 bits per heavy atom. The Balaban J connectivity index is 3.08. The van der Waals surface area contributed by atoms with Crippen molar-refractivity contribution >= 4 is 28.7 Å². The number of nitrogens with two attached hydrogens (primary N) is 1. The van der Waals surface area contributed by atoms with E-state index in [1.54, 1.807) is 0 Å². The van der Waals surface area contributed by atoms with Crippen LogP contribution in [0.3, 0.4) is 0 Å². The van der Waals surface area contributed by atoms with Gasteiger partial charge in [0.1, 0.15) is 5.75 Å². The predicted octanol–water partition coefficient (Wildman–Crippen LogP) is 0.956. The molecule has 0 bridgehead atoms. The van der Waals surface area contributed by atoms with Gasteiger partial charge in [0.25, 0.3) is 5.69 Å². The van der Waals surface area contributed by atoms with E-state index in [0.717, 1.165) is 6.07 Å². The van der Waals surface area contributed by atoms with Gasteiger partial charge in [0.2, 0.25) is 0 Å². The highest BCUT2D eigenvalue weighted by Crippen LogP contribution is 2.27. The van der Waals surface area contributed by atoms with Gasteiger partial charge in [0, 0.05) is 12.1 Å². The first-order valence-electron chi connectivity index (χ1n) is 3.54. The molecule has 0 heterocycles. The van der Waals surface area contributed by atoms with E-state index in [-0.39, 0.29) is 22.2 Å². The molecule has 0 aliphatic carbocycles. The number of nitrogens with one attached hydrogen (secondary N) is 1. The highest BCUT2D eigenvalue weighted by molar-refractivity contribution is 7.80. The molecule has 0 radical (unpaired) electrons. The topological polar surface area (TPSA) is 101 Å². The zero-order valence-electron chi connectivity index (χ0n) is 6.93. The SMILES string of the molecule is NC(=S)Nc1cc([N+](=O)[O-])ccc1O. The molecular formula is C7H7N3O3S. The lowest BCUT2D eigenvalue weighted by Crippen LogP contribution is -2.18. The number of hydrogen-bond acceptors (Lipinski definition) is 4. The van der Waals surface area contributed by atoms with Crippen molar-refractivity contribution in [2.45, 2.75) is 0 Å². The Morgan fingerprint density at radius 1 is 1.64 bits per heavy atom. The van der Waals surface area contributed by atoms with Gasteiger partial charge >= 0.3 is 0 Å². The summed E-state index contributed by atoms with van der Waals surface area (Å²) >= 11 is 4.53. The van der Waals surface area contributed by atoms with Gasteiger partial charge in [-0.1, -0.05) is 0 Å². The molecule has 1 aromatic carbocycles. The standard InChI is InChI=1S/C7H7N3O3S/c8-7(14)9-5-3-4(10(12)13)1-2-6(5)11/h1-3,11H,(H3,8,9,14). The van der Waals surface area contributed by atoms with Gasteiger partial charge in [-0.2, -0.15) is 0 Å². The van der Waals surface area contributed by atoms with Gasteiger partial charge in [0.15, 0.2) is 5.11 Å². The molecule has 74 valence electrons. The van der Waals surface area contributed by atoms with Crippen LogP contribution < -0.4 is 11.1 Å². The fourth-order valence-corrected chi connectivity index (χ4v) is 0.980. The summed E-state index contributed by atoms with van der Waals surface area (Å²) in [5, 5.41) is 22.0. The number of thiocarbonyl (C=S) groups is 1. The lowest BCUT2D eigenvalue weighted by molar-refractivity contribution is -0.384. The lowest BCUT2D eigenvalue weighted by Gasteiger charge is -2.05. The molecule has 1 rings (SSSR count). The van der Waals surface area contributed by atoms with Crippen molar-refractivity contribution in [2.75, 3.05) is 5.32 Å². The number of phenols is 1. The van der Waals surface area contributed by atoms with Crippen LogP contribution >= 0.6 is 12.2 Å². The van der Waals surface area contributed by atoms with Crippen LogP contribution in [0.2, 0.25) is 0 Å². The summed E-state index contributed by atoms with van der Waals surface area (Å²) in [7, 11) is 0. The average molecular weight is 213 g/mol. The number of phenolic OH excluding ortho intramolecular Hbond substituents is 1. The molecule has 0 aliphatic heterocycles. The number of hydrogen-bond donors (Lipinski definition) is 3. The van der Waals surface area contributed by atoms with E-state index in [4.69, 9.17) is 5.73 Å². The van der Waals surface area contributed by atoms with Crippen molar-refractivity contribution in [1.82, 2.24) is 0 Å². The Kier molecular flexibility index (Phi) is 2.82. The number of aromatic hydroxyl groups is 1. The Morgan fingerprint density at radius 2 is 2.29 bits per heavy atom. The summed E-state index contributed by atoms with van der Waals surface area (Å²) < 4.78 is 0. The molecule has 0 amide bonds. The normalized spacial score (nSPS) is 9.43. The summed E-state index contributed by atoms with van der Waals surface area (Å²) in [6, 6.07) is 3.52. The van der Waals surface area contributed by atoms with Gasteiger partial charge in [-0.05, 0) is 18.3 Å². The first-order chi connectivity index (χ1) is 6.50. The van der Waals surface area contributed by atoms with Crippen LogP contribution in [0.1, 0.15) is 0 Å². The molecule has 7 heteroatoms. The Bertz CT molecular complexity index is 394. The molecule has 0 aliphatic rings. The second-order valence-electron chi connectivity index (χ2n) is 2.45. The van der Waals surface area contributed by atoms with Gasteiger partial charge in [-0.15, -0.1) is 0 Å². The minimum absolute atomic E-state index is 0.0687. The zero-order chi connectivity index (χ0) is 10.7. The number of benzene rings is 1. The third-order valence-electron chi connectivity index (χ3n) is 1.45. The van der Waals surface area contributed by atoms with Crippen LogP contribution in [0.25, 0.3) is 0 Å². The first-order valence-corrected chi connectivity index (χ1v) is 3.95. The molecule has 0 atom stereocenters. The summed E-state index contributed by atoms with van der Waals surface area (Å²) in [6.45, 7) is 0. The molecule has 0 fully saturated rings. The van der Waals surface area contributed by atoms with E-state index in [1.807, 2.05) is 0 Å². The molecule has 0 saturated carbocycles. The minimum atomic E-state index is -0.579. The van der Waals surface area contributed by atoms with Crippen molar-refractivity contribution in [3.63, 3.8) is 0 Å². The Hall–Kier alpha value is -1.89. The summed E-state index contributed by atoms with van der Waals surface area (Å²) in [6.07, 6.45) is 0. The maximum atomic E-state index is 10.4. The molecule has 6 nitrogen and oxygen atoms in total. The molecule has 0 spiro atoms. The van der Waals surface area contributed by atoms with Crippen LogP contribution in [0.4, 0.5) is 11.4 Å². The van der Waals surface area contributed by atoms with Gasteiger partial charge in [0.05, 0.1) is 10.6 Å². The third kappa shape index (κ3) is 2.30. The van der Waals surface area contributed by atoms with Crippen molar-refractivity contribution in [2.24, 2.45) is 5.73 Å². The monoisotopic (exact) mass is 213 g/mol. The molecule has 0 saturated heterocycles. The maximum absolute atomic E-state index is 10.4. The van der Waals surface area contributed by atoms with E-state index in [9.17, 15) is 15.2 Å². The number of rotatable bonds is 2. The summed E-state index contributed by atoms with van der Waals surface area (Å²) in [5.41, 5.74) is 5.12. The number of non-ortho nitro benzene ring substituents is 1. The zero-order valence-corrected chi connectivity index (χ0v) is 7.75. The van der Waals surface area contributed by atoms with Crippen LogP contribution in [0.15, 0.2) is 18.2 Å². The molecule has 4 N–H and O–H groups in total. The predicted molar refractivity (Wildman–Crippen MR) is 55.2 cm³/mol. The fourth-order valence-electron chi connectivity index (χ4n) is 0.870. The maximum Gasteiger partial charge on any atom is 0.271 e. The average Bonchev–Trinajstić information content (AvgIpc) is 2.07. The van der Waals surface area contributed by atoms with Crippen molar-refractivity contribution < 1.29 is 10.0 Å². The molecule has 0 aromatic heterocycles. The van der Waals surface area contributed by atoms with Crippen LogP contribution in [0, 0.1) is 10.1 Å². The molecule has 14 heavy (non-hydrogen) atoms. The molecule has 1 aromatic rings. The molecular weight excluding hydrogens is 206 g/mol. The van der Waals surface area contributed by atoms with Crippen LogP contribution in [-0.2, 0) is 0 Å². The van der Waals surface area contributed by atoms with Crippen molar-refractivity contribution in [3.05, 3.63) is 28.3 Å². The lowest BCUT2D eigenvalue weighted by atomic mass is 10.2. The number of anilines is 1. The summed E-state index contributed by atoms with van der Waals surface area (Å²) in [4.78, 5) is 9.80. The quantitative estimate of drug-likeness (QED) is 0.292.